The fraction of sp³-hybridized carbons (Fsp3) is 0.941. The van der Waals surface area contributed by atoms with E-state index in [1.807, 2.05) is 0 Å². The van der Waals surface area contributed by atoms with Crippen molar-refractivity contribution in [3.05, 3.63) is 0 Å². The first kappa shape index (κ1) is 14.9. The van der Waals surface area contributed by atoms with Gasteiger partial charge in [0.15, 0.2) is 0 Å². The summed E-state index contributed by atoms with van der Waals surface area (Å²) in [4.78, 5) is 15.0. The summed E-state index contributed by atoms with van der Waals surface area (Å²) in [5.74, 6) is 2.12. The van der Waals surface area contributed by atoms with Crippen LogP contribution in [-0.4, -0.2) is 23.9 Å². The number of piperidine rings is 1. The van der Waals surface area contributed by atoms with Crippen molar-refractivity contribution in [2.45, 2.75) is 71.6 Å². The number of hydrogen-bond donors (Lipinski definition) is 0. The fourth-order valence-corrected chi connectivity index (χ4v) is 3.89. The van der Waals surface area contributed by atoms with Gasteiger partial charge in [-0.25, -0.2) is 0 Å². The Balaban J connectivity index is 2.00. The molecule has 0 aromatic heterocycles. The van der Waals surface area contributed by atoms with Gasteiger partial charge in [-0.05, 0) is 50.4 Å². The lowest BCUT2D eigenvalue weighted by Gasteiger charge is -2.36. The second-order valence-corrected chi connectivity index (χ2v) is 7.02. The topological polar surface area (TPSA) is 20.3 Å². The SMILES string of the molecule is CC(C)C[C@H](C(=O)N1CCCCC1)C1CCCCC1. The lowest BCUT2D eigenvalue weighted by Crippen LogP contribution is -2.42. The first-order valence-corrected chi connectivity index (χ1v) is 8.47. The average molecular weight is 265 g/mol. The van der Waals surface area contributed by atoms with Crippen LogP contribution in [-0.2, 0) is 4.79 Å². The molecule has 1 aliphatic heterocycles. The third-order valence-corrected chi connectivity index (χ3v) is 4.93. The van der Waals surface area contributed by atoms with Crippen LogP contribution in [0.1, 0.15) is 71.6 Å². The largest absolute Gasteiger partial charge is 0.342 e. The van der Waals surface area contributed by atoms with Gasteiger partial charge in [0.05, 0.1) is 0 Å². The van der Waals surface area contributed by atoms with Gasteiger partial charge >= 0.3 is 0 Å². The summed E-state index contributed by atoms with van der Waals surface area (Å²) in [7, 11) is 0. The Labute approximate surface area is 118 Å². The Morgan fingerprint density at radius 2 is 1.58 bits per heavy atom. The van der Waals surface area contributed by atoms with E-state index in [4.69, 9.17) is 0 Å². The molecule has 0 radical (unpaired) electrons. The van der Waals surface area contributed by atoms with Gasteiger partial charge in [0.2, 0.25) is 5.91 Å². The molecule has 0 bridgehead atoms. The van der Waals surface area contributed by atoms with E-state index in [2.05, 4.69) is 18.7 Å². The van der Waals surface area contributed by atoms with Crippen LogP contribution in [0, 0.1) is 17.8 Å². The standard InChI is InChI=1S/C17H31NO/c1-14(2)13-16(15-9-5-3-6-10-15)17(19)18-11-7-4-8-12-18/h14-16H,3-13H2,1-2H3/t16-/m0/s1. The van der Waals surface area contributed by atoms with E-state index in [1.165, 1.54) is 51.4 Å². The first-order valence-electron chi connectivity index (χ1n) is 8.47. The molecule has 1 saturated carbocycles. The molecule has 2 heteroatoms. The third-order valence-electron chi connectivity index (χ3n) is 4.93. The van der Waals surface area contributed by atoms with E-state index >= 15 is 0 Å². The summed E-state index contributed by atoms with van der Waals surface area (Å²) in [6.07, 6.45) is 11.5. The van der Waals surface area contributed by atoms with Crippen LogP contribution in [0.25, 0.3) is 0 Å². The smallest absolute Gasteiger partial charge is 0.225 e. The number of hydrogen-bond acceptors (Lipinski definition) is 1. The van der Waals surface area contributed by atoms with Crippen LogP contribution < -0.4 is 0 Å². The summed E-state index contributed by atoms with van der Waals surface area (Å²) in [5, 5.41) is 0. The monoisotopic (exact) mass is 265 g/mol. The van der Waals surface area contributed by atoms with E-state index in [0.29, 0.717) is 23.7 Å². The highest BCUT2D eigenvalue weighted by atomic mass is 16.2. The van der Waals surface area contributed by atoms with Crippen molar-refractivity contribution in [1.82, 2.24) is 4.90 Å². The summed E-state index contributed by atoms with van der Waals surface area (Å²) < 4.78 is 0. The van der Waals surface area contributed by atoms with Crippen molar-refractivity contribution in [2.24, 2.45) is 17.8 Å². The van der Waals surface area contributed by atoms with Gasteiger partial charge in [-0.15, -0.1) is 0 Å². The Hall–Kier alpha value is -0.530. The highest BCUT2D eigenvalue weighted by molar-refractivity contribution is 5.79. The van der Waals surface area contributed by atoms with Crippen molar-refractivity contribution in [2.75, 3.05) is 13.1 Å². The normalized spacial score (nSPS) is 23.6. The quantitative estimate of drug-likeness (QED) is 0.744. The Bertz CT molecular complexity index is 275. The van der Waals surface area contributed by atoms with E-state index in [-0.39, 0.29) is 0 Å². The van der Waals surface area contributed by atoms with Crippen molar-refractivity contribution in [3.63, 3.8) is 0 Å². The van der Waals surface area contributed by atoms with Gasteiger partial charge in [0, 0.05) is 19.0 Å². The molecule has 0 unspecified atom stereocenters. The average Bonchev–Trinajstić information content (AvgIpc) is 2.46. The lowest BCUT2D eigenvalue weighted by atomic mass is 9.76. The number of carbonyl (C=O) groups excluding carboxylic acids is 1. The molecule has 0 N–H and O–H groups in total. The number of rotatable bonds is 4. The zero-order chi connectivity index (χ0) is 13.7. The Kier molecular flexibility index (Phi) is 5.72. The molecule has 1 atom stereocenters. The van der Waals surface area contributed by atoms with Gasteiger partial charge in [-0.2, -0.15) is 0 Å². The molecule has 1 aliphatic carbocycles. The summed E-state index contributed by atoms with van der Waals surface area (Å²) >= 11 is 0. The highest BCUT2D eigenvalue weighted by Gasteiger charge is 2.33. The minimum absolute atomic E-state index is 0.318. The maximum absolute atomic E-state index is 12.9. The maximum Gasteiger partial charge on any atom is 0.225 e. The summed E-state index contributed by atoms with van der Waals surface area (Å²) in [6, 6.07) is 0. The second kappa shape index (κ2) is 7.31. The minimum Gasteiger partial charge on any atom is -0.342 e. The maximum atomic E-state index is 12.9. The Morgan fingerprint density at radius 3 is 2.16 bits per heavy atom. The van der Waals surface area contributed by atoms with Gasteiger partial charge in [-0.3, -0.25) is 4.79 Å². The molecule has 2 nitrogen and oxygen atoms in total. The van der Waals surface area contributed by atoms with Crippen molar-refractivity contribution >= 4 is 5.91 Å². The molecule has 1 heterocycles. The molecule has 2 aliphatic rings. The van der Waals surface area contributed by atoms with Crippen molar-refractivity contribution < 1.29 is 4.79 Å². The highest BCUT2D eigenvalue weighted by Crippen LogP contribution is 2.35. The van der Waals surface area contributed by atoms with Crippen molar-refractivity contribution in [1.29, 1.82) is 0 Å². The molecule has 19 heavy (non-hydrogen) atoms. The molecular formula is C17H31NO. The van der Waals surface area contributed by atoms with Gasteiger partial charge in [0.1, 0.15) is 0 Å². The molecule has 0 spiro atoms. The molecule has 2 fully saturated rings. The van der Waals surface area contributed by atoms with Crippen LogP contribution in [0.2, 0.25) is 0 Å². The molecule has 0 aromatic carbocycles. The zero-order valence-electron chi connectivity index (χ0n) is 12.9. The minimum atomic E-state index is 0.318. The number of amides is 1. The third kappa shape index (κ3) is 4.22. The summed E-state index contributed by atoms with van der Waals surface area (Å²) in [6.45, 7) is 6.55. The number of nitrogens with zero attached hydrogens (tertiary/aromatic N) is 1. The molecule has 110 valence electrons. The predicted octanol–water partition coefficient (Wildman–Crippen LogP) is 4.24. The van der Waals surface area contributed by atoms with E-state index in [0.717, 1.165) is 19.5 Å². The summed E-state index contributed by atoms with van der Waals surface area (Å²) in [5.41, 5.74) is 0. The van der Waals surface area contributed by atoms with E-state index < -0.39 is 0 Å². The fourth-order valence-electron chi connectivity index (χ4n) is 3.89. The molecule has 1 amide bonds. The van der Waals surface area contributed by atoms with Crippen LogP contribution >= 0.6 is 0 Å². The molecule has 1 saturated heterocycles. The molecule has 0 aromatic rings. The first-order chi connectivity index (χ1) is 9.18. The van der Waals surface area contributed by atoms with Gasteiger partial charge < -0.3 is 4.90 Å². The van der Waals surface area contributed by atoms with Crippen LogP contribution in [0.3, 0.4) is 0 Å². The van der Waals surface area contributed by atoms with Crippen LogP contribution in [0.15, 0.2) is 0 Å². The van der Waals surface area contributed by atoms with Gasteiger partial charge in [0.25, 0.3) is 0 Å². The zero-order valence-corrected chi connectivity index (χ0v) is 12.9. The number of likely N-dealkylation sites (tertiary alicyclic amines) is 1. The second-order valence-electron chi connectivity index (χ2n) is 7.02. The van der Waals surface area contributed by atoms with Crippen molar-refractivity contribution in [3.8, 4) is 0 Å². The molecular weight excluding hydrogens is 234 g/mol. The van der Waals surface area contributed by atoms with Crippen LogP contribution in [0.4, 0.5) is 0 Å². The van der Waals surface area contributed by atoms with Gasteiger partial charge in [-0.1, -0.05) is 33.1 Å². The Morgan fingerprint density at radius 1 is 1.00 bits per heavy atom. The number of carbonyl (C=O) groups is 1. The molecule has 2 rings (SSSR count). The predicted molar refractivity (Wildman–Crippen MR) is 80.0 cm³/mol. The van der Waals surface area contributed by atoms with Crippen LogP contribution in [0.5, 0.6) is 0 Å². The lowest BCUT2D eigenvalue weighted by molar-refractivity contribution is -0.139. The van der Waals surface area contributed by atoms with E-state index in [1.54, 1.807) is 0 Å². The van der Waals surface area contributed by atoms with E-state index in [9.17, 15) is 4.79 Å².